The molecule has 3 N–H and O–H groups in total. The lowest BCUT2D eigenvalue weighted by Gasteiger charge is -2.44. The van der Waals surface area contributed by atoms with Crippen molar-refractivity contribution >= 4 is 0 Å². The highest BCUT2D eigenvalue weighted by molar-refractivity contribution is 5.24. The minimum Gasteiger partial charge on any atom is -0.394 e. The van der Waals surface area contributed by atoms with E-state index >= 15 is 0 Å². The number of hydrogen-bond donors (Lipinski definition) is 2. The molecule has 1 heterocycles. The number of likely N-dealkylation sites (tertiary alicyclic amines) is 1. The van der Waals surface area contributed by atoms with Crippen molar-refractivity contribution in [2.24, 2.45) is 5.73 Å². The highest BCUT2D eigenvalue weighted by atomic mass is 16.3. The minimum absolute atomic E-state index is 0.0209. The van der Waals surface area contributed by atoms with Crippen molar-refractivity contribution in [3.63, 3.8) is 0 Å². The molecular weight excluding hydrogens is 236 g/mol. The van der Waals surface area contributed by atoms with Crippen LogP contribution in [-0.4, -0.2) is 35.2 Å². The third-order valence-electron chi connectivity index (χ3n) is 4.47. The van der Waals surface area contributed by atoms with Crippen molar-refractivity contribution in [3.05, 3.63) is 35.9 Å². The molecule has 0 bridgehead atoms. The van der Waals surface area contributed by atoms with Crippen molar-refractivity contribution in [2.45, 2.75) is 50.7 Å². The molecule has 1 unspecified atom stereocenters. The molecule has 0 spiro atoms. The van der Waals surface area contributed by atoms with Gasteiger partial charge in [-0.3, -0.25) is 4.90 Å². The van der Waals surface area contributed by atoms with Gasteiger partial charge >= 0.3 is 0 Å². The van der Waals surface area contributed by atoms with Crippen LogP contribution in [0.5, 0.6) is 0 Å². The highest BCUT2D eigenvalue weighted by Crippen LogP contribution is 2.27. The van der Waals surface area contributed by atoms with E-state index < -0.39 is 5.54 Å². The molecule has 1 saturated heterocycles. The smallest absolute Gasteiger partial charge is 0.0773 e. The topological polar surface area (TPSA) is 49.5 Å². The summed E-state index contributed by atoms with van der Waals surface area (Å²) in [5.41, 5.74) is 6.83. The number of nitrogens with zero attached hydrogens (tertiary/aromatic N) is 1. The summed E-state index contributed by atoms with van der Waals surface area (Å²) in [6.45, 7) is 5.22. The molecule has 0 aromatic heterocycles. The maximum absolute atomic E-state index is 9.79. The Morgan fingerprint density at radius 1 is 1.21 bits per heavy atom. The molecular formula is C16H26N2O. The Bertz CT molecular complexity index is 385. The van der Waals surface area contributed by atoms with E-state index in [2.05, 4.69) is 18.7 Å². The van der Waals surface area contributed by atoms with Gasteiger partial charge in [0, 0.05) is 18.6 Å². The first kappa shape index (κ1) is 14.5. The maximum Gasteiger partial charge on any atom is 0.0773 e. The molecule has 0 saturated carbocycles. The van der Waals surface area contributed by atoms with Crippen LogP contribution in [0.1, 0.15) is 38.7 Å². The third-order valence-corrected chi connectivity index (χ3v) is 4.47. The highest BCUT2D eigenvalue weighted by Gasteiger charge is 2.34. The normalized spacial score (nSPS) is 28.0. The van der Waals surface area contributed by atoms with E-state index in [0.717, 1.165) is 12.1 Å². The van der Waals surface area contributed by atoms with E-state index in [9.17, 15) is 5.11 Å². The van der Waals surface area contributed by atoms with Crippen molar-refractivity contribution in [3.8, 4) is 0 Å². The van der Waals surface area contributed by atoms with Crippen LogP contribution in [0.15, 0.2) is 30.3 Å². The summed E-state index contributed by atoms with van der Waals surface area (Å²) in [6, 6.07) is 11.0. The summed E-state index contributed by atoms with van der Waals surface area (Å²) in [7, 11) is 0. The number of piperidine rings is 1. The van der Waals surface area contributed by atoms with E-state index in [1.54, 1.807) is 0 Å². The number of aliphatic hydroxyl groups is 1. The van der Waals surface area contributed by atoms with Gasteiger partial charge in [-0.05, 0) is 32.3 Å². The molecule has 1 aliphatic heterocycles. The van der Waals surface area contributed by atoms with Gasteiger partial charge in [-0.25, -0.2) is 0 Å². The zero-order valence-corrected chi connectivity index (χ0v) is 12.0. The van der Waals surface area contributed by atoms with Crippen LogP contribution in [0.4, 0.5) is 0 Å². The van der Waals surface area contributed by atoms with E-state index in [0.29, 0.717) is 12.1 Å². The summed E-state index contributed by atoms with van der Waals surface area (Å²) < 4.78 is 0. The molecule has 0 radical (unpaired) electrons. The van der Waals surface area contributed by atoms with E-state index in [1.807, 2.05) is 30.3 Å². The largest absolute Gasteiger partial charge is 0.394 e. The van der Waals surface area contributed by atoms with Gasteiger partial charge in [0.1, 0.15) is 0 Å². The monoisotopic (exact) mass is 262 g/mol. The Balaban J connectivity index is 2.18. The zero-order chi connectivity index (χ0) is 13.9. The summed E-state index contributed by atoms with van der Waals surface area (Å²) in [4.78, 5) is 2.45. The predicted molar refractivity (Wildman–Crippen MR) is 78.9 cm³/mol. The average Bonchev–Trinajstić information content (AvgIpc) is 2.44. The lowest BCUT2D eigenvalue weighted by molar-refractivity contribution is 0.0543. The Morgan fingerprint density at radius 3 is 2.32 bits per heavy atom. The molecule has 3 nitrogen and oxygen atoms in total. The third kappa shape index (κ3) is 3.16. The van der Waals surface area contributed by atoms with Crippen LogP contribution in [-0.2, 0) is 5.54 Å². The van der Waals surface area contributed by atoms with Crippen LogP contribution in [0.2, 0.25) is 0 Å². The second-order valence-corrected chi connectivity index (χ2v) is 5.98. The molecule has 0 aliphatic carbocycles. The molecule has 106 valence electrons. The average molecular weight is 262 g/mol. The molecule has 3 atom stereocenters. The standard InChI is InChI=1S/C16H26N2O/c1-13-7-6-8-14(2)18(13)11-16(17,12-19)15-9-4-3-5-10-15/h3-5,9-10,13-14,19H,6-8,11-12,17H2,1-2H3/t13-,14+,16?. The molecule has 19 heavy (non-hydrogen) atoms. The second-order valence-electron chi connectivity index (χ2n) is 5.98. The molecule has 1 aliphatic rings. The zero-order valence-electron chi connectivity index (χ0n) is 12.0. The van der Waals surface area contributed by atoms with Crippen LogP contribution in [0.3, 0.4) is 0 Å². The van der Waals surface area contributed by atoms with E-state index in [1.165, 1.54) is 19.3 Å². The van der Waals surface area contributed by atoms with Crippen molar-refractivity contribution < 1.29 is 5.11 Å². The molecule has 3 heteroatoms. The second kappa shape index (κ2) is 6.04. The van der Waals surface area contributed by atoms with Gasteiger partial charge in [0.25, 0.3) is 0 Å². The minimum atomic E-state index is -0.666. The number of nitrogens with two attached hydrogens (primary N) is 1. The first-order chi connectivity index (χ1) is 9.07. The Morgan fingerprint density at radius 2 is 1.79 bits per heavy atom. The van der Waals surface area contributed by atoms with Crippen molar-refractivity contribution in [1.29, 1.82) is 0 Å². The van der Waals surface area contributed by atoms with Gasteiger partial charge in [-0.2, -0.15) is 0 Å². The van der Waals surface area contributed by atoms with Crippen molar-refractivity contribution in [2.75, 3.05) is 13.2 Å². The van der Waals surface area contributed by atoms with Crippen LogP contribution < -0.4 is 5.73 Å². The summed E-state index contributed by atoms with van der Waals surface area (Å²) in [5.74, 6) is 0. The van der Waals surface area contributed by atoms with Crippen LogP contribution >= 0.6 is 0 Å². The maximum atomic E-state index is 9.79. The van der Waals surface area contributed by atoms with Gasteiger partial charge in [-0.15, -0.1) is 0 Å². The molecule has 1 aromatic carbocycles. The van der Waals surface area contributed by atoms with Crippen molar-refractivity contribution in [1.82, 2.24) is 4.90 Å². The summed E-state index contributed by atoms with van der Waals surface area (Å²) in [6.07, 6.45) is 3.74. The van der Waals surface area contributed by atoms with Crippen LogP contribution in [0.25, 0.3) is 0 Å². The van der Waals surface area contributed by atoms with Gasteiger partial charge in [0.2, 0.25) is 0 Å². The fourth-order valence-corrected chi connectivity index (χ4v) is 3.11. The predicted octanol–water partition coefficient (Wildman–Crippen LogP) is 2.10. The first-order valence-corrected chi connectivity index (χ1v) is 7.28. The SMILES string of the molecule is C[C@@H]1CCC[C@H](C)N1CC(N)(CO)c1ccccc1. The first-order valence-electron chi connectivity index (χ1n) is 7.28. The van der Waals surface area contributed by atoms with Gasteiger partial charge in [0.15, 0.2) is 0 Å². The molecule has 1 fully saturated rings. The lowest BCUT2D eigenvalue weighted by atomic mass is 9.88. The number of aliphatic hydroxyl groups excluding tert-OH is 1. The fourth-order valence-electron chi connectivity index (χ4n) is 3.11. The fraction of sp³-hybridized carbons (Fsp3) is 0.625. The number of hydrogen-bond acceptors (Lipinski definition) is 3. The van der Waals surface area contributed by atoms with Gasteiger partial charge < -0.3 is 10.8 Å². The molecule has 0 amide bonds. The summed E-state index contributed by atoms with van der Waals surface area (Å²) >= 11 is 0. The summed E-state index contributed by atoms with van der Waals surface area (Å²) in [5, 5.41) is 9.79. The van der Waals surface area contributed by atoms with E-state index in [-0.39, 0.29) is 6.61 Å². The molecule has 1 aromatic rings. The van der Waals surface area contributed by atoms with Gasteiger partial charge in [-0.1, -0.05) is 36.8 Å². The number of benzene rings is 1. The Labute approximate surface area is 116 Å². The Kier molecular flexibility index (Phi) is 4.61. The quantitative estimate of drug-likeness (QED) is 0.873. The molecule has 2 rings (SSSR count). The van der Waals surface area contributed by atoms with Crippen LogP contribution in [0, 0.1) is 0 Å². The van der Waals surface area contributed by atoms with Gasteiger partial charge in [0.05, 0.1) is 12.1 Å². The number of rotatable bonds is 4. The van der Waals surface area contributed by atoms with E-state index in [4.69, 9.17) is 5.73 Å². The Hall–Kier alpha value is -0.900. The lowest BCUT2D eigenvalue weighted by Crippen LogP contribution is -2.56.